The second-order valence-corrected chi connectivity index (χ2v) is 6.09. The topological polar surface area (TPSA) is 92.7 Å². The van der Waals surface area contributed by atoms with Crippen LogP contribution in [0, 0.1) is 0 Å². The Hall–Kier alpha value is -0.660. The van der Waals surface area contributed by atoms with Crippen LogP contribution in [0.2, 0.25) is 0 Å². The van der Waals surface area contributed by atoms with Gasteiger partial charge in [0.05, 0.1) is 25.4 Å². The van der Waals surface area contributed by atoms with E-state index in [4.69, 9.17) is 0 Å². The zero-order valence-corrected chi connectivity index (χ0v) is 10.7. The summed E-state index contributed by atoms with van der Waals surface area (Å²) in [4.78, 5) is 10.9. The number of hydrogen-bond acceptors (Lipinski definition) is 5. The van der Waals surface area contributed by atoms with E-state index in [1.807, 2.05) is 0 Å². The molecule has 1 fully saturated rings. The Morgan fingerprint density at radius 2 is 2.06 bits per heavy atom. The maximum absolute atomic E-state index is 11.6. The van der Waals surface area contributed by atoms with Crippen molar-refractivity contribution in [3.63, 3.8) is 0 Å². The van der Waals surface area contributed by atoms with Crippen LogP contribution in [0.15, 0.2) is 0 Å². The van der Waals surface area contributed by atoms with E-state index < -0.39 is 28.1 Å². The van der Waals surface area contributed by atoms with Gasteiger partial charge in [-0.3, -0.25) is 4.79 Å². The predicted octanol–water partition coefficient (Wildman–Crippen LogP) is -0.228. The smallest absolute Gasteiger partial charge is 0.306 e. The maximum atomic E-state index is 11.6. The standard InChI is InChI=1S/C10H19NO5S/c1-16-10(13)6-7-17(14,15)11-8-4-2-3-5-9(8)12/h8-9,11-12H,2-7H2,1H3/t8-,9-/m0/s1. The molecule has 0 bridgehead atoms. The molecule has 100 valence electrons. The molecule has 17 heavy (non-hydrogen) atoms. The summed E-state index contributed by atoms with van der Waals surface area (Å²) in [7, 11) is -2.31. The molecule has 7 heteroatoms. The van der Waals surface area contributed by atoms with Crippen molar-refractivity contribution in [2.24, 2.45) is 0 Å². The van der Waals surface area contributed by atoms with Gasteiger partial charge < -0.3 is 9.84 Å². The summed E-state index contributed by atoms with van der Waals surface area (Å²) in [6, 6.07) is -0.425. The highest BCUT2D eigenvalue weighted by Gasteiger charge is 2.27. The Bertz CT molecular complexity index is 354. The molecule has 1 aliphatic carbocycles. The number of hydrogen-bond donors (Lipinski definition) is 2. The van der Waals surface area contributed by atoms with Crippen LogP contribution in [-0.2, 0) is 19.6 Å². The van der Waals surface area contributed by atoms with Crippen LogP contribution in [0.1, 0.15) is 32.1 Å². The SMILES string of the molecule is COC(=O)CCS(=O)(=O)N[C@H]1CCCC[C@@H]1O. The Morgan fingerprint density at radius 3 is 2.65 bits per heavy atom. The quantitative estimate of drug-likeness (QED) is 0.670. The fourth-order valence-corrected chi connectivity index (χ4v) is 3.15. The molecule has 0 amide bonds. The lowest BCUT2D eigenvalue weighted by Gasteiger charge is -2.27. The van der Waals surface area contributed by atoms with Crippen molar-refractivity contribution in [2.75, 3.05) is 12.9 Å². The molecule has 0 unspecified atom stereocenters. The van der Waals surface area contributed by atoms with Gasteiger partial charge in [0.25, 0.3) is 0 Å². The third-order valence-electron chi connectivity index (χ3n) is 2.86. The molecule has 0 aromatic heterocycles. The molecule has 2 atom stereocenters. The number of carbonyl (C=O) groups is 1. The first-order chi connectivity index (χ1) is 7.94. The minimum absolute atomic E-state index is 0.172. The second-order valence-electron chi connectivity index (χ2n) is 4.22. The Morgan fingerprint density at radius 1 is 1.41 bits per heavy atom. The number of ether oxygens (including phenoxy) is 1. The fourth-order valence-electron chi connectivity index (χ4n) is 1.86. The molecular formula is C10H19NO5S. The van der Waals surface area contributed by atoms with Gasteiger partial charge in [0.15, 0.2) is 0 Å². The zero-order valence-electron chi connectivity index (χ0n) is 9.89. The Labute approximate surface area is 101 Å². The van der Waals surface area contributed by atoms with Crippen LogP contribution >= 0.6 is 0 Å². The van der Waals surface area contributed by atoms with Crippen LogP contribution in [0.3, 0.4) is 0 Å². The lowest BCUT2D eigenvalue weighted by molar-refractivity contribution is -0.140. The average molecular weight is 265 g/mol. The predicted molar refractivity (Wildman–Crippen MR) is 61.8 cm³/mol. The van der Waals surface area contributed by atoms with Gasteiger partial charge in [-0.2, -0.15) is 0 Å². The van der Waals surface area contributed by atoms with Gasteiger partial charge in [0.1, 0.15) is 0 Å². The molecule has 0 saturated heterocycles. The van der Waals surface area contributed by atoms with Gasteiger partial charge in [-0.1, -0.05) is 12.8 Å². The highest BCUT2D eigenvalue weighted by atomic mass is 32.2. The highest BCUT2D eigenvalue weighted by Crippen LogP contribution is 2.19. The number of sulfonamides is 1. The summed E-state index contributed by atoms with van der Waals surface area (Å²) in [5.74, 6) is -0.859. The number of esters is 1. The van der Waals surface area contributed by atoms with Crippen molar-refractivity contribution >= 4 is 16.0 Å². The van der Waals surface area contributed by atoms with Gasteiger partial charge in [0, 0.05) is 6.04 Å². The van der Waals surface area contributed by atoms with E-state index in [0.717, 1.165) is 12.8 Å². The number of aliphatic hydroxyl groups excluding tert-OH is 1. The lowest BCUT2D eigenvalue weighted by Crippen LogP contribution is -2.45. The van der Waals surface area contributed by atoms with E-state index in [1.165, 1.54) is 7.11 Å². The maximum Gasteiger partial charge on any atom is 0.306 e. The van der Waals surface area contributed by atoms with E-state index in [2.05, 4.69) is 9.46 Å². The van der Waals surface area contributed by atoms with Gasteiger partial charge in [-0.15, -0.1) is 0 Å². The molecule has 1 rings (SSSR count). The first-order valence-corrected chi connectivity index (χ1v) is 7.35. The number of aliphatic hydroxyl groups is 1. The summed E-state index contributed by atoms with van der Waals surface area (Å²) in [6.07, 6.45) is 2.27. The molecule has 0 aromatic carbocycles. The molecule has 0 radical (unpaired) electrons. The third kappa shape index (κ3) is 5.01. The van der Waals surface area contributed by atoms with Crippen molar-refractivity contribution in [1.29, 1.82) is 0 Å². The molecule has 6 nitrogen and oxygen atoms in total. The van der Waals surface area contributed by atoms with Gasteiger partial charge in [0.2, 0.25) is 10.0 Å². The zero-order chi connectivity index (χ0) is 12.9. The summed E-state index contributed by atoms with van der Waals surface area (Å²) >= 11 is 0. The van der Waals surface area contributed by atoms with Gasteiger partial charge >= 0.3 is 5.97 Å². The number of rotatable bonds is 5. The number of nitrogens with one attached hydrogen (secondary N) is 1. The lowest BCUT2D eigenvalue weighted by atomic mass is 9.93. The average Bonchev–Trinajstić information content (AvgIpc) is 2.29. The van der Waals surface area contributed by atoms with E-state index in [-0.39, 0.29) is 12.2 Å². The first kappa shape index (κ1) is 14.4. The van der Waals surface area contributed by atoms with E-state index in [0.29, 0.717) is 12.8 Å². The third-order valence-corrected chi connectivity index (χ3v) is 4.27. The van der Waals surface area contributed by atoms with Crippen LogP contribution < -0.4 is 4.72 Å². The molecule has 2 N–H and O–H groups in total. The number of carbonyl (C=O) groups excluding carboxylic acids is 1. The molecule has 0 aliphatic heterocycles. The molecular weight excluding hydrogens is 246 g/mol. The second kappa shape index (κ2) is 6.32. The van der Waals surface area contributed by atoms with Crippen molar-refractivity contribution in [3.05, 3.63) is 0 Å². The summed E-state index contributed by atoms with van der Waals surface area (Å²) in [6.45, 7) is 0. The van der Waals surface area contributed by atoms with Crippen molar-refractivity contribution < 1.29 is 23.1 Å². The first-order valence-electron chi connectivity index (χ1n) is 5.69. The molecule has 0 aromatic rings. The minimum atomic E-state index is -3.53. The van der Waals surface area contributed by atoms with Crippen molar-refractivity contribution in [1.82, 2.24) is 4.72 Å². The summed E-state index contributed by atoms with van der Waals surface area (Å²) < 4.78 is 30.1. The Kier molecular flexibility index (Phi) is 5.35. The van der Waals surface area contributed by atoms with Crippen LogP contribution in [0.4, 0.5) is 0 Å². The van der Waals surface area contributed by atoms with Crippen molar-refractivity contribution in [2.45, 2.75) is 44.2 Å². The molecule has 1 saturated carbocycles. The van der Waals surface area contributed by atoms with Crippen LogP contribution in [0.25, 0.3) is 0 Å². The largest absolute Gasteiger partial charge is 0.469 e. The highest BCUT2D eigenvalue weighted by molar-refractivity contribution is 7.89. The van der Waals surface area contributed by atoms with E-state index in [9.17, 15) is 18.3 Å². The number of methoxy groups -OCH3 is 1. The monoisotopic (exact) mass is 265 g/mol. The van der Waals surface area contributed by atoms with E-state index in [1.54, 1.807) is 0 Å². The van der Waals surface area contributed by atoms with Crippen molar-refractivity contribution in [3.8, 4) is 0 Å². The molecule has 0 spiro atoms. The summed E-state index contributed by atoms with van der Waals surface area (Å²) in [5, 5.41) is 9.64. The molecule has 0 heterocycles. The summed E-state index contributed by atoms with van der Waals surface area (Å²) in [5.41, 5.74) is 0. The van der Waals surface area contributed by atoms with Gasteiger partial charge in [-0.05, 0) is 12.8 Å². The van der Waals surface area contributed by atoms with Crippen LogP contribution in [0.5, 0.6) is 0 Å². The molecule has 1 aliphatic rings. The Balaban J connectivity index is 2.45. The fraction of sp³-hybridized carbons (Fsp3) is 0.900. The minimum Gasteiger partial charge on any atom is -0.469 e. The van der Waals surface area contributed by atoms with Crippen LogP contribution in [-0.4, -0.2) is 44.5 Å². The van der Waals surface area contributed by atoms with Gasteiger partial charge in [-0.25, -0.2) is 13.1 Å². The normalized spacial score (nSPS) is 25.5. The van der Waals surface area contributed by atoms with E-state index >= 15 is 0 Å².